The Bertz CT molecular complexity index is 381. The van der Waals surface area contributed by atoms with Crippen molar-refractivity contribution >= 4 is 0 Å². The molecule has 2 nitrogen and oxygen atoms in total. The van der Waals surface area contributed by atoms with Crippen molar-refractivity contribution in [1.29, 1.82) is 0 Å². The van der Waals surface area contributed by atoms with E-state index in [1.54, 1.807) is 0 Å². The topological polar surface area (TPSA) is 29.5 Å². The summed E-state index contributed by atoms with van der Waals surface area (Å²) >= 11 is 0. The van der Waals surface area contributed by atoms with E-state index < -0.39 is 0 Å². The highest BCUT2D eigenvalue weighted by Gasteiger charge is 2.24. The first-order valence-corrected chi connectivity index (χ1v) is 6.07. The maximum Gasteiger partial charge on any atom is 0.129 e. The van der Waals surface area contributed by atoms with Crippen LogP contribution in [0.4, 0.5) is 0 Å². The van der Waals surface area contributed by atoms with E-state index in [4.69, 9.17) is 4.74 Å². The highest BCUT2D eigenvalue weighted by molar-refractivity contribution is 5.45. The summed E-state index contributed by atoms with van der Waals surface area (Å²) in [6.07, 6.45) is 0. The van der Waals surface area contributed by atoms with Gasteiger partial charge in [-0.15, -0.1) is 0 Å². The van der Waals surface area contributed by atoms with Crippen LogP contribution in [0.15, 0.2) is 18.2 Å². The highest BCUT2D eigenvalue weighted by Crippen LogP contribution is 2.36. The summed E-state index contributed by atoms with van der Waals surface area (Å²) in [7, 11) is 0. The fourth-order valence-corrected chi connectivity index (χ4v) is 1.73. The summed E-state index contributed by atoms with van der Waals surface area (Å²) in [6.45, 7) is 12.5. The number of aliphatic hydroxyl groups excluding tert-OH is 1. The Hall–Kier alpha value is -1.02. The van der Waals surface area contributed by atoms with E-state index in [-0.39, 0.29) is 17.6 Å². The largest absolute Gasteiger partial charge is 0.487 e. The molecular formula is C15H24O2. The van der Waals surface area contributed by atoms with Crippen LogP contribution in [0.2, 0.25) is 0 Å². The number of para-hydroxylation sites is 1. The van der Waals surface area contributed by atoms with Gasteiger partial charge in [0.15, 0.2) is 0 Å². The number of benzene rings is 1. The molecule has 0 saturated carbocycles. The second-order valence-electron chi connectivity index (χ2n) is 6.42. The van der Waals surface area contributed by atoms with E-state index in [9.17, 15) is 5.11 Å². The Labute approximate surface area is 105 Å². The number of ether oxygens (including phenoxy) is 1. The van der Waals surface area contributed by atoms with Crippen molar-refractivity contribution in [3.63, 3.8) is 0 Å². The van der Waals surface area contributed by atoms with Crippen LogP contribution in [0.5, 0.6) is 5.75 Å². The monoisotopic (exact) mass is 236 g/mol. The van der Waals surface area contributed by atoms with Crippen molar-refractivity contribution in [3.05, 3.63) is 29.3 Å². The first-order chi connectivity index (χ1) is 7.65. The van der Waals surface area contributed by atoms with Gasteiger partial charge in [-0.3, -0.25) is 0 Å². The van der Waals surface area contributed by atoms with E-state index in [1.165, 1.54) is 0 Å². The van der Waals surface area contributed by atoms with Gasteiger partial charge in [0.05, 0.1) is 6.61 Å². The quantitative estimate of drug-likeness (QED) is 0.849. The molecule has 0 unspecified atom stereocenters. The van der Waals surface area contributed by atoms with Crippen LogP contribution >= 0.6 is 0 Å². The van der Waals surface area contributed by atoms with Crippen LogP contribution in [-0.2, 0) is 12.0 Å². The fourth-order valence-electron chi connectivity index (χ4n) is 1.73. The summed E-state index contributed by atoms with van der Waals surface area (Å²) < 4.78 is 6.02. The predicted octanol–water partition coefficient (Wildman–Crippen LogP) is 3.65. The Morgan fingerprint density at radius 3 is 2.06 bits per heavy atom. The van der Waals surface area contributed by atoms with Gasteiger partial charge in [-0.1, -0.05) is 39.0 Å². The zero-order chi connectivity index (χ0) is 13.3. The minimum atomic E-state index is -0.259. The molecule has 1 N–H and O–H groups in total. The lowest BCUT2D eigenvalue weighted by atomic mass is 9.85. The van der Waals surface area contributed by atoms with Gasteiger partial charge in [-0.25, -0.2) is 0 Å². The lowest BCUT2D eigenvalue weighted by molar-refractivity contribution is 0.123. The summed E-state index contributed by atoms with van der Waals surface area (Å²) in [5.41, 5.74) is 1.74. The Balaban J connectivity index is 3.31. The maximum absolute atomic E-state index is 9.43. The lowest BCUT2D eigenvalue weighted by Gasteiger charge is -2.29. The number of hydrogen-bond donors (Lipinski definition) is 1. The molecule has 0 radical (unpaired) electrons. The summed E-state index contributed by atoms with van der Waals surface area (Å²) in [6, 6.07) is 5.96. The molecule has 0 bridgehead atoms. The molecule has 1 aromatic carbocycles. The summed E-state index contributed by atoms with van der Waals surface area (Å²) in [5, 5.41) is 9.43. The third kappa shape index (κ3) is 3.74. The highest BCUT2D eigenvalue weighted by atomic mass is 16.5. The van der Waals surface area contributed by atoms with Crippen molar-refractivity contribution < 1.29 is 9.84 Å². The molecule has 0 aliphatic rings. The molecule has 1 aromatic rings. The van der Waals surface area contributed by atoms with E-state index in [2.05, 4.69) is 26.8 Å². The third-order valence-electron chi connectivity index (χ3n) is 2.48. The molecule has 0 spiro atoms. The third-order valence-corrected chi connectivity index (χ3v) is 2.48. The van der Waals surface area contributed by atoms with E-state index in [0.29, 0.717) is 0 Å². The zero-order valence-corrected chi connectivity index (χ0v) is 11.8. The zero-order valence-electron chi connectivity index (χ0n) is 11.8. The lowest BCUT2D eigenvalue weighted by Crippen LogP contribution is -2.26. The molecule has 0 fully saturated rings. The smallest absolute Gasteiger partial charge is 0.129 e. The molecule has 0 aliphatic heterocycles. The normalized spacial score (nSPS) is 12.6. The van der Waals surface area contributed by atoms with Gasteiger partial charge in [-0.2, -0.15) is 0 Å². The Morgan fingerprint density at radius 1 is 1.06 bits per heavy atom. The van der Waals surface area contributed by atoms with Crippen LogP contribution in [0, 0.1) is 0 Å². The SMILES string of the molecule is CC(C)(C)Oc1c(CO)cccc1C(C)(C)C. The second-order valence-corrected chi connectivity index (χ2v) is 6.42. The molecular weight excluding hydrogens is 212 g/mol. The van der Waals surface area contributed by atoms with Gasteiger partial charge in [-0.05, 0) is 31.7 Å². The minimum absolute atomic E-state index is 0.00572. The molecule has 2 heteroatoms. The van der Waals surface area contributed by atoms with Gasteiger partial charge in [0.2, 0.25) is 0 Å². The van der Waals surface area contributed by atoms with Crippen molar-refractivity contribution in [2.45, 2.75) is 59.2 Å². The maximum atomic E-state index is 9.43. The van der Waals surface area contributed by atoms with Crippen LogP contribution in [-0.4, -0.2) is 10.7 Å². The fraction of sp³-hybridized carbons (Fsp3) is 0.600. The molecule has 0 atom stereocenters. The van der Waals surface area contributed by atoms with E-state index in [1.807, 2.05) is 32.9 Å². The first kappa shape index (κ1) is 14.0. The van der Waals surface area contributed by atoms with Gasteiger partial charge in [0.25, 0.3) is 0 Å². The van der Waals surface area contributed by atoms with Gasteiger partial charge in [0.1, 0.15) is 11.4 Å². The summed E-state index contributed by atoms with van der Waals surface area (Å²) in [4.78, 5) is 0. The van der Waals surface area contributed by atoms with Crippen molar-refractivity contribution in [2.24, 2.45) is 0 Å². The standard InChI is InChI=1S/C15H24O2/c1-14(2,3)12-9-7-8-11(10-16)13(12)17-15(4,5)6/h7-9,16H,10H2,1-6H3. The number of rotatable bonds is 2. The molecule has 96 valence electrons. The van der Waals surface area contributed by atoms with Crippen molar-refractivity contribution in [2.75, 3.05) is 0 Å². The number of hydrogen-bond acceptors (Lipinski definition) is 2. The molecule has 0 aliphatic carbocycles. The van der Waals surface area contributed by atoms with Gasteiger partial charge >= 0.3 is 0 Å². The summed E-state index contributed by atoms with van der Waals surface area (Å²) in [5.74, 6) is 0.829. The predicted molar refractivity (Wildman–Crippen MR) is 71.4 cm³/mol. The number of aliphatic hydroxyl groups is 1. The van der Waals surface area contributed by atoms with Gasteiger partial charge in [0, 0.05) is 5.56 Å². The molecule has 1 rings (SSSR count). The van der Waals surface area contributed by atoms with E-state index in [0.717, 1.165) is 16.9 Å². The molecule has 17 heavy (non-hydrogen) atoms. The molecule has 0 aromatic heterocycles. The van der Waals surface area contributed by atoms with E-state index >= 15 is 0 Å². The second kappa shape index (κ2) is 4.69. The Morgan fingerprint density at radius 2 is 1.65 bits per heavy atom. The first-order valence-electron chi connectivity index (χ1n) is 6.07. The average molecular weight is 236 g/mol. The van der Waals surface area contributed by atoms with Crippen LogP contribution in [0.1, 0.15) is 52.7 Å². The molecule has 0 amide bonds. The van der Waals surface area contributed by atoms with Crippen molar-refractivity contribution in [1.82, 2.24) is 0 Å². The Kier molecular flexibility index (Phi) is 3.88. The van der Waals surface area contributed by atoms with Crippen LogP contribution in [0.3, 0.4) is 0 Å². The average Bonchev–Trinajstić information content (AvgIpc) is 2.13. The van der Waals surface area contributed by atoms with Crippen LogP contribution < -0.4 is 4.74 Å². The van der Waals surface area contributed by atoms with Gasteiger partial charge < -0.3 is 9.84 Å². The van der Waals surface area contributed by atoms with Crippen molar-refractivity contribution in [3.8, 4) is 5.75 Å². The molecule has 0 saturated heterocycles. The van der Waals surface area contributed by atoms with Crippen LogP contribution in [0.25, 0.3) is 0 Å². The minimum Gasteiger partial charge on any atom is -0.487 e. The molecule has 0 heterocycles.